The second-order valence-corrected chi connectivity index (χ2v) is 10.4. The first kappa shape index (κ1) is 25.5. The molecule has 4 heterocycles. The number of anilines is 1. The molecular weight excluding hydrogens is 536 g/mol. The van der Waals surface area contributed by atoms with Crippen molar-refractivity contribution < 1.29 is 24.3 Å². The lowest BCUT2D eigenvalue weighted by Crippen LogP contribution is -2.80. The highest BCUT2D eigenvalue weighted by molar-refractivity contribution is 8.02. The predicted molar refractivity (Wildman–Crippen MR) is 131 cm³/mol. The molecule has 0 radical (unpaired) electrons. The zero-order valence-corrected chi connectivity index (χ0v) is 21.0. The fourth-order valence-electron chi connectivity index (χ4n) is 3.44. The smallest absolute Gasteiger partial charge is 0.343 e. The lowest BCUT2D eigenvalue weighted by Gasteiger charge is -2.54. The monoisotopic (exact) mass is 554 g/mol. The van der Waals surface area contributed by atoms with E-state index in [9.17, 15) is 29.1 Å². The summed E-state index contributed by atoms with van der Waals surface area (Å²) in [4.78, 5) is 72.6. The molecule has 2 aromatic heterocycles. The van der Waals surface area contributed by atoms with Crippen molar-refractivity contribution in [3.05, 3.63) is 43.6 Å². The highest BCUT2D eigenvalue weighted by Crippen LogP contribution is 2.47. The van der Waals surface area contributed by atoms with Crippen molar-refractivity contribution in [2.45, 2.75) is 16.1 Å². The Morgan fingerprint density at radius 2 is 2.17 bits per heavy atom. The molecule has 2 aliphatic rings. The number of H-pyrrole nitrogens is 1. The Morgan fingerprint density at radius 1 is 1.42 bits per heavy atom. The van der Waals surface area contributed by atoms with Gasteiger partial charge in [-0.15, -0.1) is 23.1 Å². The van der Waals surface area contributed by atoms with Crippen molar-refractivity contribution in [1.29, 1.82) is 0 Å². The SMILES string of the molecule is CON=C(C(=O)NC1C(=O)N2C=C(CSc3nc(=O)c(=O)[nH]n3C)CSC12C(=O)O)c1csc(N)n1. The highest BCUT2D eigenvalue weighted by atomic mass is 32.2. The van der Waals surface area contributed by atoms with Crippen LogP contribution in [0.1, 0.15) is 5.69 Å². The summed E-state index contributed by atoms with van der Waals surface area (Å²) in [5, 5.41) is 20.3. The van der Waals surface area contributed by atoms with Gasteiger partial charge in [0.15, 0.2) is 22.0 Å². The first-order valence-electron chi connectivity index (χ1n) is 9.92. The summed E-state index contributed by atoms with van der Waals surface area (Å²) in [7, 11) is 2.74. The fraction of sp³-hybridized carbons (Fsp3) is 0.333. The summed E-state index contributed by atoms with van der Waals surface area (Å²) in [6.45, 7) is 0. The first-order chi connectivity index (χ1) is 17.1. The third-order valence-corrected chi connectivity index (χ3v) is 8.48. The largest absolute Gasteiger partial charge is 0.479 e. The number of aliphatic carboxylic acids is 1. The number of fused-ring (bicyclic) bond motifs is 1. The van der Waals surface area contributed by atoms with E-state index in [1.807, 2.05) is 0 Å². The van der Waals surface area contributed by atoms with Gasteiger partial charge in [0.2, 0.25) is 4.87 Å². The molecule has 2 unspecified atom stereocenters. The molecule has 4 rings (SSSR count). The Kier molecular flexibility index (Phi) is 6.92. The molecule has 0 bridgehead atoms. The number of carboxylic acid groups (broad SMARTS) is 1. The molecule has 2 aliphatic heterocycles. The summed E-state index contributed by atoms with van der Waals surface area (Å²) >= 11 is 3.16. The molecule has 1 saturated heterocycles. The van der Waals surface area contributed by atoms with Crippen LogP contribution >= 0.6 is 34.9 Å². The maximum absolute atomic E-state index is 12.9. The van der Waals surface area contributed by atoms with Gasteiger partial charge in [0, 0.05) is 30.1 Å². The highest BCUT2D eigenvalue weighted by Gasteiger charge is 2.67. The molecule has 0 aliphatic carbocycles. The molecule has 2 atom stereocenters. The van der Waals surface area contributed by atoms with Gasteiger partial charge in [-0.1, -0.05) is 16.9 Å². The molecular formula is C18H18N8O7S3. The van der Waals surface area contributed by atoms with Gasteiger partial charge in [0.05, 0.1) is 0 Å². The van der Waals surface area contributed by atoms with Gasteiger partial charge in [-0.05, 0) is 5.57 Å². The number of β-lactam (4-membered cyclic amide) rings is 1. The maximum atomic E-state index is 12.9. The Hall–Kier alpha value is -3.64. The number of nitrogen functional groups attached to an aromatic ring is 1. The van der Waals surface area contributed by atoms with Crippen LogP contribution in [0.5, 0.6) is 0 Å². The van der Waals surface area contributed by atoms with Crippen LogP contribution in [-0.2, 0) is 26.3 Å². The number of thiazole rings is 1. The molecule has 190 valence electrons. The number of thioether (sulfide) groups is 2. The molecule has 0 saturated carbocycles. The van der Waals surface area contributed by atoms with E-state index in [-0.39, 0.29) is 33.2 Å². The summed E-state index contributed by atoms with van der Waals surface area (Å²) in [6.07, 6.45) is 1.41. The second-order valence-electron chi connectivity index (χ2n) is 7.37. The molecule has 5 N–H and O–H groups in total. The Bertz CT molecular complexity index is 1430. The van der Waals surface area contributed by atoms with Gasteiger partial charge in [0.1, 0.15) is 12.8 Å². The van der Waals surface area contributed by atoms with Crippen LogP contribution in [0.25, 0.3) is 0 Å². The Balaban J connectivity index is 1.52. The van der Waals surface area contributed by atoms with Crippen LogP contribution in [0.2, 0.25) is 0 Å². The average molecular weight is 555 g/mol. The van der Waals surface area contributed by atoms with Crippen LogP contribution in [0.3, 0.4) is 0 Å². The van der Waals surface area contributed by atoms with Crippen LogP contribution in [0.15, 0.2) is 37.1 Å². The van der Waals surface area contributed by atoms with E-state index in [1.54, 1.807) is 0 Å². The third-order valence-electron chi connectivity index (χ3n) is 5.10. The number of aromatic nitrogens is 4. The molecule has 0 spiro atoms. The lowest BCUT2D eigenvalue weighted by atomic mass is 9.93. The minimum atomic E-state index is -1.76. The number of carbonyl (C=O) groups excluding carboxylic acids is 2. The topological polar surface area (TPSA) is 215 Å². The third kappa shape index (κ3) is 4.37. The Morgan fingerprint density at radius 3 is 2.81 bits per heavy atom. The number of oxime groups is 1. The number of amides is 2. The maximum Gasteiger partial charge on any atom is 0.343 e. The van der Waals surface area contributed by atoms with E-state index in [0.717, 1.165) is 39.8 Å². The van der Waals surface area contributed by atoms with Gasteiger partial charge in [-0.3, -0.25) is 33.9 Å². The quantitative estimate of drug-likeness (QED) is 0.0953. The second kappa shape index (κ2) is 9.78. The van der Waals surface area contributed by atoms with Gasteiger partial charge < -0.3 is 21.0 Å². The molecule has 36 heavy (non-hydrogen) atoms. The number of hydrogen-bond acceptors (Lipinski definition) is 13. The number of rotatable bonds is 8. The van der Waals surface area contributed by atoms with E-state index in [1.165, 1.54) is 30.4 Å². The van der Waals surface area contributed by atoms with Gasteiger partial charge >= 0.3 is 17.1 Å². The standard InChI is InChI=1S/C18H18N8O7S3/c1-25-17(22-12(28)13(29)23-25)35-4-7-3-26-14(30)10(18(26,15(31)32)36-5-7)21-11(27)9(24-33-2)8-6-34-16(19)20-8/h3,6,10H,4-5H2,1-2H3,(H2,19,20)(H,21,27)(H,23,29)(H,31,32). The zero-order chi connectivity index (χ0) is 26.2. The minimum Gasteiger partial charge on any atom is -0.479 e. The van der Waals surface area contributed by atoms with E-state index >= 15 is 0 Å². The Labute approximate surface area is 213 Å². The number of nitrogens with two attached hydrogens (primary N) is 1. The summed E-state index contributed by atoms with van der Waals surface area (Å²) in [5.74, 6) is -2.31. The number of carbonyl (C=O) groups is 3. The predicted octanol–water partition coefficient (Wildman–Crippen LogP) is -1.61. The average Bonchev–Trinajstić information content (AvgIpc) is 3.27. The van der Waals surface area contributed by atoms with E-state index in [2.05, 4.69) is 25.5 Å². The van der Waals surface area contributed by atoms with E-state index in [0.29, 0.717) is 5.57 Å². The number of aromatic amines is 1. The molecule has 0 aromatic carbocycles. The number of nitrogens with one attached hydrogen (secondary N) is 2. The summed E-state index contributed by atoms with van der Waals surface area (Å²) in [5.41, 5.74) is 4.37. The van der Waals surface area contributed by atoms with E-state index in [4.69, 9.17) is 10.6 Å². The number of nitrogens with zero attached hydrogens (tertiary/aromatic N) is 5. The van der Waals surface area contributed by atoms with Crippen molar-refractivity contribution in [1.82, 2.24) is 30.0 Å². The van der Waals surface area contributed by atoms with Gasteiger partial charge in [0.25, 0.3) is 11.8 Å². The van der Waals surface area contributed by atoms with Crippen LogP contribution in [-0.4, -0.2) is 82.8 Å². The normalized spacial score (nSPS) is 21.3. The van der Waals surface area contributed by atoms with Crippen molar-refractivity contribution in [2.24, 2.45) is 12.2 Å². The molecule has 18 heteroatoms. The van der Waals surface area contributed by atoms with Crippen LogP contribution in [0.4, 0.5) is 5.13 Å². The van der Waals surface area contributed by atoms with Crippen molar-refractivity contribution in [3.8, 4) is 0 Å². The number of aryl methyl sites for hydroxylation is 1. The van der Waals surface area contributed by atoms with Crippen molar-refractivity contribution in [2.75, 3.05) is 24.3 Å². The van der Waals surface area contributed by atoms with Gasteiger partial charge in [-0.2, -0.15) is 4.98 Å². The number of carboxylic acids is 1. The number of hydrogen-bond donors (Lipinski definition) is 4. The molecule has 15 nitrogen and oxygen atoms in total. The van der Waals surface area contributed by atoms with Crippen molar-refractivity contribution in [3.63, 3.8) is 0 Å². The van der Waals surface area contributed by atoms with E-state index < -0.39 is 39.8 Å². The summed E-state index contributed by atoms with van der Waals surface area (Å²) < 4.78 is 1.29. The molecule has 2 aromatic rings. The lowest BCUT2D eigenvalue weighted by molar-refractivity contribution is -0.166. The van der Waals surface area contributed by atoms with Crippen molar-refractivity contribution >= 4 is 63.5 Å². The first-order valence-corrected chi connectivity index (χ1v) is 12.8. The fourth-order valence-corrected chi connectivity index (χ4v) is 6.31. The van der Waals surface area contributed by atoms with Crippen LogP contribution < -0.4 is 22.2 Å². The summed E-state index contributed by atoms with van der Waals surface area (Å²) in [6, 6.07) is -1.38. The molecule has 1 fully saturated rings. The zero-order valence-electron chi connectivity index (χ0n) is 18.6. The van der Waals surface area contributed by atoms with Crippen LogP contribution in [0, 0.1) is 0 Å². The minimum absolute atomic E-state index is 0.116. The molecule has 2 amide bonds. The van der Waals surface area contributed by atoms with Gasteiger partial charge in [-0.25, -0.2) is 9.78 Å².